The third-order valence-corrected chi connectivity index (χ3v) is 6.75. The lowest BCUT2D eigenvalue weighted by molar-refractivity contribution is 0.139. The van der Waals surface area contributed by atoms with Gasteiger partial charge in [0.2, 0.25) is 0 Å². The number of hydrogen-bond acceptors (Lipinski definition) is 5. The van der Waals surface area contributed by atoms with Gasteiger partial charge in [0, 0.05) is 53.3 Å². The predicted octanol–water partition coefficient (Wildman–Crippen LogP) is 6.13. The molecule has 0 aliphatic carbocycles. The standard InChI is InChI=1S/C31H35FN4O3/c1-31(2,20-38-3)29-25(10-7-15-35-30(37)39-19-21-8-5-4-6-9-21)26-17-27(34)22(18-33)16-28(26)36(29)24-13-11-23(32)12-14-24/h4-6,8-9,11-14,16-18,33H,7,10,15,19-20,34H2,1-3H3,(H,35,37). The van der Waals surface area contributed by atoms with Gasteiger partial charge in [0.05, 0.1) is 12.1 Å². The van der Waals surface area contributed by atoms with Crippen molar-refractivity contribution in [1.29, 1.82) is 5.41 Å². The number of methoxy groups -OCH3 is 1. The van der Waals surface area contributed by atoms with Crippen molar-refractivity contribution in [3.05, 3.63) is 94.9 Å². The number of carbonyl (C=O) groups is 1. The van der Waals surface area contributed by atoms with Gasteiger partial charge in [-0.15, -0.1) is 0 Å². The van der Waals surface area contributed by atoms with Crippen molar-refractivity contribution in [1.82, 2.24) is 9.88 Å². The van der Waals surface area contributed by atoms with Crippen LogP contribution in [0.2, 0.25) is 0 Å². The van der Waals surface area contributed by atoms with Crippen LogP contribution < -0.4 is 11.1 Å². The first-order valence-electron chi connectivity index (χ1n) is 12.9. The number of rotatable bonds is 11. The highest BCUT2D eigenvalue weighted by Crippen LogP contribution is 2.39. The first kappa shape index (κ1) is 27.9. The number of anilines is 1. The van der Waals surface area contributed by atoms with E-state index in [-0.39, 0.29) is 12.4 Å². The monoisotopic (exact) mass is 530 g/mol. The molecule has 0 saturated heterocycles. The highest BCUT2D eigenvalue weighted by molar-refractivity contribution is 5.98. The maximum atomic E-state index is 13.9. The van der Waals surface area contributed by atoms with E-state index in [9.17, 15) is 9.18 Å². The number of alkyl carbamates (subject to hydrolysis) is 1. The Bertz CT molecular complexity index is 1450. The summed E-state index contributed by atoms with van der Waals surface area (Å²) >= 11 is 0. The molecule has 1 aromatic heterocycles. The summed E-state index contributed by atoms with van der Waals surface area (Å²) in [6.07, 6.45) is 2.08. The van der Waals surface area contributed by atoms with Gasteiger partial charge in [-0.05, 0) is 60.4 Å². The molecule has 0 fully saturated rings. The van der Waals surface area contributed by atoms with E-state index < -0.39 is 11.5 Å². The Kier molecular flexibility index (Phi) is 8.66. The number of nitrogens with zero attached hydrogens (tertiary/aromatic N) is 1. The first-order valence-corrected chi connectivity index (χ1v) is 12.9. The molecule has 0 aliphatic heterocycles. The average Bonchev–Trinajstić information content (AvgIpc) is 3.24. The Morgan fingerprint density at radius 1 is 1.13 bits per heavy atom. The molecule has 1 heterocycles. The molecular weight excluding hydrogens is 495 g/mol. The van der Waals surface area contributed by atoms with Crippen LogP contribution in [-0.4, -0.2) is 37.1 Å². The molecule has 0 bridgehead atoms. The summed E-state index contributed by atoms with van der Waals surface area (Å²) in [4.78, 5) is 12.3. The minimum Gasteiger partial charge on any atom is -0.445 e. The zero-order valence-corrected chi connectivity index (χ0v) is 22.6. The van der Waals surface area contributed by atoms with E-state index in [1.807, 2.05) is 42.5 Å². The van der Waals surface area contributed by atoms with Crippen molar-refractivity contribution in [2.45, 2.75) is 38.7 Å². The number of ether oxygens (including phenoxy) is 2. The van der Waals surface area contributed by atoms with Crippen LogP contribution in [0, 0.1) is 11.2 Å². The summed E-state index contributed by atoms with van der Waals surface area (Å²) in [5, 5.41) is 11.6. The number of carbonyl (C=O) groups excluding carboxylic acids is 1. The summed E-state index contributed by atoms with van der Waals surface area (Å²) in [5.41, 5.74) is 11.7. The summed E-state index contributed by atoms with van der Waals surface area (Å²) in [6.45, 7) is 5.30. The molecule has 7 nitrogen and oxygen atoms in total. The quantitative estimate of drug-likeness (QED) is 0.123. The molecule has 4 aromatic rings. The average molecular weight is 531 g/mol. The molecule has 4 N–H and O–H groups in total. The van der Waals surface area contributed by atoms with E-state index in [4.69, 9.17) is 20.6 Å². The van der Waals surface area contributed by atoms with Gasteiger partial charge in [-0.1, -0.05) is 44.2 Å². The molecule has 0 aliphatic rings. The van der Waals surface area contributed by atoms with E-state index in [2.05, 4.69) is 23.7 Å². The fourth-order valence-electron chi connectivity index (χ4n) is 5.04. The Morgan fingerprint density at radius 3 is 2.51 bits per heavy atom. The molecule has 1 amide bonds. The van der Waals surface area contributed by atoms with Gasteiger partial charge in [-0.25, -0.2) is 9.18 Å². The zero-order chi connectivity index (χ0) is 28.0. The number of nitrogen functional groups attached to an aromatic ring is 1. The number of fused-ring (bicyclic) bond motifs is 1. The predicted molar refractivity (Wildman–Crippen MR) is 153 cm³/mol. The lowest BCUT2D eigenvalue weighted by Gasteiger charge is -2.28. The van der Waals surface area contributed by atoms with Crippen LogP contribution in [0.3, 0.4) is 0 Å². The number of halogens is 1. The molecular formula is C31H35FN4O3. The maximum Gasteiger partial charge on any atom is 0.407 e. The minimum absolute atomic E-state index is 0.210. The van der Waals surface area contributed by atoms with Gasteiger partial charge in [-0.2, -0.15) is 0 Å². The van der Waals surface area contributed by atoms with Gasteiger partial charge in [0.15, 0.2) is 0 Å². The lowest BCUT2D eigenvalue weighted by atomic mass is 9.85. The van der Waals surface area contributed by atoms with E-state index in [0.717, 1.165) is 33.4 Å². The first-order chi connectivity index (χ1) is 18.7. The molecule has 204 valence electrons. The summed E-state index contributed by atoms with van der Waals surface area (Å²) in [5.74, 6) is -0.317. The number of hydrogen-bond donors (Lipinski definition) is 3. The van der Waals surface area contributed by atoms with Crippen LogP contribution in [0.5, 0.6) is 0 Å². The van der Waals surface area contributed by atoms with Crippen molar-refractivity contribution >= 4 is 28.9 Å². The molecule has 3 aromatic carbocycles. The molecule has 4 rings (SSSR count). The normalized spacial score (nSPS) is 11.5. The second-order valence-corrected chi connectivity index (χ2v) is 10.2. The van der Waals surface area contributed by atoms with Crippen LogP contribution in [-0.2, 0) is 27.9 Å². The smallest absolute Gasteiger partial charge is 0.407 e. The lowest BCUT2D eigenvalue weighted by Crippen LogP contribution is -2.29. The van der Waals surface area contributed by atoms with Gasteiger partial charge in [-0.3, -0.25) is 0 Å². The number of amides is 1. The SMILES string of the molecule is COCC(C)(C)c1c(CCCNC(=O)OCc2ccccc2)c2cc(N)c(C=N)cc2n1-c1ccc(F)cc1. The Balaban J connectivity index is 1.66. The third-order valence-electron chi connectivity index (χ3n) is 6.75. The topological polar surface area (TPSA) is 102 Å². The van der Waals surface area contributed by atoms with E-state index in [1.165, 1.54) is 18.3 Å². The minimum atomic E-state index is -0.465. The summed E-state index contributed by atoms with van der Waals surface area (Å²) in [6, 6.07) is 19.7. The Hall–Kier alpha value is -4.17. The van der Waals surface area contributed by atoms with Crippen LogP contribution in [0.4, 0.5) is 14.9 Å². The second kappa shape index (κ2) is 12.1. The third kappa shape index (κ3) is 6.29. The molecule has 0 atom stereocenters. The van der Waals surface area contributed by atoms with E-state index in [0.29, 0.717) is 37.2 Å². The van der Waals surface area contributed by atoms with Crippen molar-refractivity contribution < 1.29 is 18.7 Å². The van der Waals surface area contributed by atoms with Crippen LogP contribution in [0.15, 0.2) is 66.7 Å². The van der Waals surface area contributed by atoms with Crippen LogP contribution in [0.1, 0.15) is 42.7 Å². The van der Waals surface area contributed by atoms with Crippen LogP contribution >= 0.6 is 0 Å². The number of nitrogens with two attached hydrogens (primary N) is 1. The van der Waals surface area contributed by atoms with Gasteiger partial charge in [0.25, 0.3) is 0 Å². The molecule has 0 spiro atoms. The number of aryl methyl sites for hydroxylation is 1. The Labute approximate surface area is 228 Å². The molecule has 0 unspecified atom stereocenters. The van der Waals surface area contributed by atoms with Crippen molar-refractivity contribution in [2.75, 3.05) is 26.0 Å². The largest absolute Gasteiger partial charge is 0.445 e. The molecule has 8 heteroatoms. The fourth-order valence-corrected chi connectivity index (χ4v) is 5.04. The van der Waals surface area contributed by atoms with Gasteiger partial charge in [0.1, 0.15) is 12.4 Å². The highest BCUT2D eigenvalue weighted by atomic mass is 19.1. The van der Waals surface area contributed by atoms with Gasteiger partial charge < -0.3 is 30.5 Å². The molecule has 0 radical (unpaired) electrons. The van der Waals surface area contributed by atoms with Crippen molar-refractivity contribution in [2.24, 2.45) is 0 Å². The van der Waals surface area contributed by atoms with Crippen LogP contribution in [0.25, 0.3) is 16.6 Å². The van der Waals surface area contributed by atoms with Gasteiger partial charge >= 0.3 is 6.09 Å². The van der Waals surface area contributed by atoms with E-state index >= 15 is 0 Å². The summed E-state index contributed by atoms with van der Waals surface area (Å²) in [7, 11) is 1.67. The molecule has 39 heavy (non-hydrogen) atoms. The number of benzene rings is 3. The number of nitrogens with one attached hydrogen (secondary N) is 2. The van der Waals surface area contributed by atoms with Crippen molar-refractivity contribution in [3.63, 3.8) is 0 Å². The zero-order valence-electron chi connectivity index (χ0n) is 22.6. The Morgan fingerprint density at radius 2 is 1.85 bits per heavy atom. The highest BCUT2D eigenvalue weighted by Gasteiger charge is 2.31. The fraction of sp³-hybridized carbons (Fsp3) is 0.290. The molecule has 0 saturated carbocycles. The second-order valence-electron chi connectivity index (χ2n) is 10.2. The summed E-state index contributed by atoms with van der Waals surface area (Å²) < 4.78 is 26.9. The van der Waals surface area contributed by atoms with E-state index in [1.54, 1.807) is 19.2 Å². The maximum absolute atomic E-state index is 13.9. The number of aromatic nitrogens is 1. The van der Waals surface area contributed by atoms with Crippen molar-refractivity contribution in [3.8, 4) is 5.69 Å².